The van der Waals surface area contributed by atoms with E-state index in [1.807, 2.05) is 0 Å². The molecule has 0 aromatic heterocycles. The quantitative estimate of drug-likeness (QED) is 0.574. The van der Waals surface area contributed by atoms with Gasteiger partial charge in [0.1, 0.15) is 5.76 Å². The molecule has 0 bridgehead atoms. The molecule has 0 atom stereocenters. The Morgan fingerprint density at radius 2 is 2.00 bits per heavy atom. The van der Waals surface area contributed by atoms with Crippen LogP contribution in [-0.4, -0.2) is 31.4 Å². The first kappa shape index (κ1) is 8.44. The first-order chi connectivity index (χ1) is 6.79. The Kier molecular flexibility index (Phi) is 1.69. The lowest BCUT2D eigenvalue weighted by atomic mass is 9.91. The molecule has 1 saturated heterocycles. The lowest BCUT2D eigenvalue weighted by Gasteiger charge is -2.30. The van der Waals surface area contributed by atoms with Crippen molar-refractivity contribution in [1.29, 1.82) is 0 Å². The Morgan fingerprint density at radius 3 is 2.79 bits per heavy atom. The summed E-state index contributed by atoms with van der Waals surface area (Å²) in [5.41, 5.74) is 0.790. The minimum atomic E-state index is -0.512. The van der Waals surface area contributed by atoms with Gasteiger partial charge in [-0.05, 0) is 0 Å². The minimum Gasteiger partial charge on any atom is -0.489 e. The number of hydrogen-bond acceptors (Lipinski definition) is 4. The monoisotopic (exact) mass is 196 g/mol. The number of ether oxygens (including phenoxy) is 3. The molecule has 0 saturated carbocycles. The van der Waals surface area contributed by atoms with E-state index in [9.17, 15) is 4.79 Å². The van der Waals surface area contributed by atoms with Gasteiger partial charge in [-0.1, -0.05) is 0 Å². The molecule has 76 valence electrons. The third-order valence-corrected chi connectivity index (χ3v) is 3.04. The Balaban J connectivity index is 1.88. The summed E-state index contributed by atoms with van der Waals surface area (Å²) < 4.78 is 16.4. The summed E-state index contributed by atoms with van der Waals surface area (Å²) >= 11 is 0. The minimum absolute atomic E-state index is 0.0955. The molecule has 1 fully saturated rings. The van der Waals surface area contributed by atoms with Crippen molar-refractivity contribution in [3.8, 4) is 0 Å². The lowest BCUT2D eigenvalue weighted by Crippen LogP contribution is -2.34. The second-order valence-electron chi connectivity index (χ2n) is 3.90. The van der Waals surface area contributed by atoms with Crippen LogP contribution in [0.4, 0.5) is 0 Å². The Hall–Kier alpha value is -0.870. The molecule has 3 rings (SSSR count). The smallest absolute Gasteiger partial charge is 0.199 e. The molecule has 14 heavy (non-hydrogen) atoms. The van der Waals surface area contributed by atoms with Gasteiger partial charge in [-0.2, -0.15) is 0 Å². The van der Waals surface area contributed by atoms with Crippen LogP contribution in [0.1, 0.15) is 19.3 Å². The predicted molar refractivity (Wildman–Crippen MR) is 46.5 cm³/mol. The maximum absolute atomic E-state index is 11.5. The van der Waals surface area contributed by atoms with Crippen LogP contribution >= 0.6 is 0 Å². The lowest BCUT2D eigenvalue weighted by molar-refractivity contribution is -0.165. The molecule has 4 nitrogen and oxygen atoms in total. The van der Waals surface area contributed by atoms with Crippen LogP contribution in [0.15, 0.2) is 11.3 Å². The van der Waals surface area contributed by atoms with Crippen molar-refractivity contribution in [2.24, 2.45) is 0 Å². The van der Waals surface area contributed by atoms with Gasteiger partial charge in [0, 0.05) is 24.8 Å². The van der Waals surface area contributed by atoms with E-state index in [1.165, 1.54) is 0 Å². The molecule has 0 aromatic rings. The van der Waals surface area contributed by atoms with Crippen molar-refractivity contribution in [2.45, 2.75) is 25.0 Å². The highest BCUT2D eigenvalue weighted by molar-refractivity contribution is 5.99. The molecule has 0 amide bonds. The largest absolute Gasteiger partial charge is 0.489 e. The van der Waals surface area contributed by atoms with Gasteiger partial charge < -0.3 is 14.2 Å². The van der Waals surface area contributed by atoms with E-state index in [0.29, 0.717) is 19.6 Å². The van der Waals surface area contributed by atoms with Gasteiger partial charge in [0.05, 0.1) is 13.2 Å². The summed E-state index contributed by atoms with van der Waals surface area (Å²) in [6.45, 7) is 1.48. The zero-order valence-corrected chi connectivity index (χ0v) is 7.88. The molecule has 2 heterocycles. The van der Waals surface area contributed by atoms with Crippen LogP contribution in [0.2, 0.25) is 0 Å². The topological polar surface area (TPSA) is 44.8 Å². The average molecular weight is 196 g/mol. The zero-order chi connectivity index (χ0) is 9.60. The van der Waals surface area contributed by atoms with Crippen LogP contribution in [-0.2, 0) is 19.0 Å². The zero-order valence-electron chi connectivity index (χ0n) is 7.88. The molecule has 0 radical (unpaired) electrons. The van der Waals surface area contributed by atoms with E-state index in [0.717, 1.165) is 24.2 Å². The molecule has 0 aromatic carbocycles. The van der Waals surface area contributed by atoms with Crippen molar-refractivity contribution in [1.82, 2.24) is 0 Å². The molecule has 4 heteroatoms. The fourth-order valence-electron chi connectivity index (χ4n) is 2.31. The van der Waals surface area contributed by atoms with Crippen LogP contribution in [0.25, 0.3) is 0 Å². The first-order valence-electron chi connectivity index (χ1n) is 4.95. The third-order valence-electron chi connectivity index (χ3n) is 3.04. The molecule has 0 N–H and O–H groups in total. The highest BCUT2D eigenvalue weighted by Gasteiger charge is 2.44. The van der Waals surface area contributed by atoms with Crippen molar-refractivity contribution in [3.05, 3.63) is 11.3 Å². The highest BCUT2D eigenvalue weighted by Crippen LogP contribution is 2.41. The van der Waals surface area contributed by atoms with Crippen LogP contribution in [0.5, 0.6) is 0 Å². The van der Waals surface area contributed by atoms with Crippen molar-refractivity contribution < 1.29 is 19.0 Å². The van der Waals surface area contributed by atoms with Gasteiger partial charge >= 0.3 is 0 Å². The van der Waals surface area contributed by atoms with Gasteiger partial charge in [-0.15, -0.1) is 0 Å². The number of hydrogen-bond donors (Lipinski definition) is 0. The van der Waals surface area contributed by atoms with E-state index in [-0.39, 0.29) is 12.4 Å². The van der Waals surface area contributed by atoms with Gasteiger partial charge in [-0.3, -0.25) is 4.79 Å². The summed E-state index contributed by atoms with van der Waals surface area (Å²) in [6, 6.07) is 0. The number of carbonyl (C=O) groups excluding carboxylic acids is 1. The average Bonchev–Trinajstić information content (AvgIpc) is 2.77. The van der Waals surface area contributed by atoms with Crippen molar-refractivity contribution >= 4 is 5.78 Å². The number of ketones is 1. The van der Waals surface area contributed by atoms with E-state index in [4.69, 9.17) is 14.2 Å². The fourth-order valence-corrected chi connectivity index (χ4v) is 2.31. The molecule has 1 spiro atoms. The molecule has 0 unspecified atom stereocenters. The van der Waals surface area contributed by atoms with Crippen LogP contribution < -0.4 is 0 Å². The summed E-state index contributed by atoms with van der Waals surface area (Å²) in [4.78, 5) is 11.5. The predicted octanol–water partition coefficient (Wildman–Crippen LogP) is 0.767. The number of rotatable bonds is 0. The van der Waals surface area contributed by atoms with Crippen LogP contribution in [0, 0.1) is 0 Å². The molecular weight excluding hydrogens is 184 g/mol. The normalized spacial score (nSPS) is 29.6. The second kappa shape index (κ2) is 2.81. The first-order valence-corrected chi connectivity index (χ1v) is 4.95. The number of allylic oxidation sites excluding steroid dienone is 1. The standard InChI is InChI=1S/C10H12O4/c11-8-6-12-9-1-2-10(5-7(8)9)13-3-4-14-10/h1-6H2. The summed E-state index contributed by atoms with van der Waals surface area (Å²) in [6.07, 6.45) is 2.14. The van der Waals surface area contributed by atoms with E-state index >= 15 is 0 Å². The summed E-state index contributed by atoms with van der Waals surface area (Å²) in [7, 11) is 0. The number of carbonyl (C=O) groups is 1. The van der Waals surface area contributed by atoms with Gasteiger partial charge in [0.15, 0.2) is 18.2 Å². The Bertz CT molecular complexity index is 312. The second-order valence-corrected chi connectivity index (χ2v) is 3.90. The highest BCUT2D eigenvalue weighted by atomic mass is 16.7. The maximum atomic E-state index is 11.5. The van der Waals surface area contributed by atoms with E-state index < -0.39 is 5.79 Å². The van der Waals surface area contributed by atoms with Crippen molar-refractivity contribution in [3.63, 3.8) is 0 Å². The van der Waals surface area contributed by atoms with E-state index in [2.05, 4.69) is 0 Å². The summed E-state index contributed by atoms with van der Waals surface area (Å²) in [5, 5.41) is 0. The van der Waals surface area contributed by atoms with Gasteiger partial charge in [0.25, 0.3) is 0 Å². The Morgan fingerprint density at radius 1 is 1.21 bits per heavy atom. The van der Waals surface area contributed by atoms with Gasteiger partial charge in [-0.25, -0.2) is 0 Å². The molecule has 2 aliphatic heterocycles. The molecular formula is C10H12O4. The SMILES string of the molecule is O=C1COC2=C1CC1(CC2)OCCO1. The van der Waals surface area contributed by atoms with Crippen LogP contribution in [0.3, 0.4) is 0 Å². The van der Waals surface area contributed by atoms with Crippen molar-refractivity contribution in [2.75, 3.05) is 19.8 Å². The third kappa shape index (κ3) is 1.11. The molecule has 3 aliphatic rings. The molecule has 1 aliphatic carbocycles. The Labute approximate surface area is 81.8 Å². The fraction of sp³-hybridized carbons (Fsp3) is 0.700. The summed E-state index contributed by atoms with van der Waals surface area (Å²) in [5.74, 6) is 0.445. The maximum Gasteiger partial charge on any atom is 0.199 e. The number of Topliss-reactive ketones (excluding diaryl/α,β-unsaturated/α-hetero) is 1. The van der Waals surface area contributed by atoms with E-state index in [1.54, 1.807) is 0 Å². The van der Waals surface area contributed by atoms with Gasteiger partial charge in [0.2, 0.25) is 0 Å².